The van der Waals surface area contributed by atoms with Crippen LogP contribution in [0.25, 0.3) is 0 Å². The van der Waals surface area contributed by atoms with Crippen molar-refractivity contribution in [2.24, 2.45) is 0 Å². The van der Waals surface area contributed by atoms with Crippen LogP contribution in [0.2, 0.25) is 0 Å². The highest BCUT2D eigenvalue weighted by molar-refractivity contribution is 6.12. The minimum absolute atomic E-state index is 0.188. The van der Waals surface area contributed by atoms with Gasteiger partial charge >= 0.3 is 0 Å². The van der Waals surface area contributed by atoms with Crippen molar-refractivity contribution < 1.29 is 14.4 Å². The zero-order chi connectivity index (χ0) is 15.1. The Morgan fingerprint density at radius 2 is 1.63 bits per heavy atom. The van der Waals surface area contributed by atoms with E-state index in [2.05, 4.69) is 12.2 Å². The highest BCUT2D eigenvalue weighted by Gasteiger charge is 2.21. The molecule has 0 aromatic rings. The third kappa shape index (κ3) is 10.00. The molecule has 1 heterocycles. The quantitative estimate of drug-likeness (QED) is 0.455. The van der Waals surface area contributed by atoms with E-state index in [1.54, 1.807) is 0 Å². The summed E-state index contributed by atoms with van der Waals surface area (Å²) in [6.07, 6.45) is 6.38. The van der Waals surface area contributed by atoms with Gasteiger partial charge in [-0.15, -0.1) is 0 Å². The molecular formula is C14H26N2O3. The van der Waals surface area contributed by atoms with Gasteiger partial charge in [-0.1, -0.05) is 34.1 Å². The lowest BCUT2D eigenvalue weighted by Gasteiger charge is -2.10. The van der Waals surface area contributed by atoms with E-state index in [1.807, 2.05) is 20.8 Å². The highest BCUT2D eigenvalue weighted by Crippen LogP contribution is 2.03. The van der Waals surface area contributed by atoms with E-state index in [9.17, 15) is 14.4 Å². The Balaban J connectivity index is 0. The van der Waals surface area contributed by atoms with Crippen molar-refractivity contribution >= 4 is 18.2 Å². The van der Waals surface area contributed by atoms with Gasteiger partial charge in [0.15, 0.2) is 0 Å². The first kappa shape index (κ1) is 19.7. The Hall–Kier alpha value is -1.65. The van der Waals surface area contributed by atoms with Gasteiger partial charge in [0, 0.05) is 25.2 Å². The minimum atomic E-state index is -0.188. The fourth-order valence-electron chi connectivity index (χ4n) is 1.21. The van der Waals surface area contributed by atoms with Gasteiger partial charge in [0.05, 0.1) is 0 Å². The lowest BCUT2D eigenvalue weighted by molar-refractivity contribution is -0.136. The molecule has 1 aliphatic rings. The molecule has 0 atom stereocenters. The molecule has 0 spiro atoms. The molecule has 0 saturated carbocycles. The first-order chi connectivity index (χ1) is 9.17. The summed E-state index contributed by atoms with van der Waals surface area (Å²) in [6, 6.07) is 0. The number of unbranched alkanes of at least 4 members (excludes halogenated alkanes) is 1. The molecule has 3 amide bonds. The van der Waals surface area contributed by atoms with Crippen LogP contribution in [0.15, 0.2) is 12.2 Å². The average Bonchev–Trinajstić information content (AvgIpc) is 2.75. The van der Waals surface area contributed by atoms with Gasteiger partial charge in [0.1, 0.15) is 0 Å². The normalized spacial score (nSPS) is 12.3. The number of carbonyl (C=O) groups excluding carboxylic acids is 3. The third-order valence-electron chi connectivity index (χ3n) is 2.11. The Morgan fingerprint density at radius 3 is 2.00 bits per heavy atom. The number of nitrogens with zero attached hydrogens (tertiary/aromatic N) is 1. The van der Waals surface area contributed by atoms with E-state index in [0.29, 0.717) is 6.54 Å². The number of hydrogen-bond acceptors (Lipinski definition) is 3. The van der Waals surface area contributed by atoms with Gasteiger partial charge < -0.3 is 5.32 Å². The van der Waals surface area contributed by atoms with E-state index in [-0.39, 0.29) is 11.8 Å². The second-order valence-electron chi connectivity index (χ2n) is 3.59. The molecule has 0 saturated heterocycles. The highest BCUT2D eigenvalue weighted by atomic mass is 16.2. The summed E-state index contributed by atoms with van der Waals surface area (Å²) < 4.78 is 0. The monoisotopic (exact) mass is 270 g/mol. The first-order valence-corrected chi connectivity index (χ1v) is 6.87. The molecule has 110 valence electrons. The summed E-state index contributed by atoms with van der Waals surface area (Å²) in [5.74, 6) is -0.376. The molecule has 19 heavy (non-hydrogen) atoms. The lowest BCUT2D eigenvalue weighted by atomic mass is 10.3. The number of carbonyl (C=O) groups is 3. The van der Waals surface area contributed by atoms with Crippen LogP contribution in [0.1, 0.15) is 47.0 Å². The molecule has 1 aliphatic heterocycles. The summed E-state index contributed by atoms with van der Waals surface area (Å²) >= 11 is 0. The van der Waals surface area contributed by atoms with Crippen molar-refractivity contribution in [1.29, 1.82) is 0 Å². The van der Waals surface area contributed by atoms with Crippen LogP contribution in [-0.2, 0) is 14.4 Å². The second-order valence-corrected chi connectivity index (χ2v) is 3.59. The maximum absolute atomic E-state index is 10.8. The van der Waals surface area contributed by atoms with E-state index < -0.39 is 0 Å². The zero-order valence-corrected chi connectivity index (χ0v) is 12.4. The van der Waals surface area contributed by atoms with Crippen molar-refractivity contribution in [2.75, 3.05) is 13.1 Å². The number of imide groups is 1. The van der Waals surface area contributed by atoms with Crippen LogP contribution in [0.3, 0.4) is 0 Å². The zero-order valence-electron chi connectivity index (χ0n) is 12.4. The lowest BCUT2D eigenvalue weighted by Crippen LogP contribution is -2.30. The predicted octanol–water partition coefficient (Wildman–Crippen LogP) is 1.88. The maximum Gasteiger partial charge on any atom is 0.253 e. The molecule has 0 fully saturated rings. The third-order valence-corrected chi connectivity index (χ3v) is 2.11. The summed E-state index contributed by atoms with van der Waals surface area (Å²) in [6.45, 7) is 9.37. The number of amides is 3. The van der Waals surface area contributed by atoms with Crippen LogP contribution in [0.5, 0.6) is 0 Å². The molecule has 1 rings (SSSR count). The summed E-state index contributed by atoms with van der Waals surface area (Å²) in [4.78, 5) is 32.4. The maximum atomic E-state index is 10.8. The van der Waals surface area contributed by atoms with Gasteiger partial charge in [-0.05, 0) is 12.8 Å². The Morgan fingerprint density at radius 1 is 1.11 bits per heavy atom. The van der Waals surface area contributed by atoms with Gasteiger partial charge in [0.2, 0.25) is 6.41 Å². The summed E-state index contributed by atoms with van der Waals surface area (Å²) in [7, 11) is 0. The van der Waals surface area contributed by atoms with Gasteiger partial charge in [-0.25, -0.2) is 0 Å². The fourth-order valence-corrected chi connectivity index (χ4v) is 1.21. The van der Waals surface area contributed by atoms with Gasteiger partial charge in [-0.3, -0.25) is 19.3 Å². The molecule has 0 bridgehead atoms. The molecule has 5 nitrogen and oxygen atoms in total. The molecule has 1 N–H and O–H groups in total. The van der Waals surface area contributed by atoms with Crippen LogP contribution in [-0.4, -0.2) is 36.2 Å². The second kappa shape index (κ2) is 14.4. The van der Waals surface area contributed by atoms with Gasteiger partial charge in [0.25, 0.3) is 11.8 Å². The van der Waals surface area contributed by atoms with Crippen molar-refractivity contribution in [3.05, 3.63) is 12.2 Å². The summed E-state index contributed by atoms with van der Waals surface area (Å²) in [5.41, 5.74) is 0. The smallest absolute Gasteiger partial charge is 0.253 e. The predicted molar refractivity (Wildman–Crippen MR) is 76.5 cm³/mol. The fraction of sp³-hybridized carbons (Fsp3) is 0.643. The number of hydrogen-bond donors (Lipinski definition) is 1. The van der Waals surface area contributed by atoms with Crippen molar-refractivity contribution in [3.63, 3.8) is 0 Å². The molecule has 0 radical (unpaired) electrons. The van der Waals surface area contributed by atoms with E-state index in [1.165, 1.54) is 17.1 Å². The molecule has 0 aromatic carbocycles. The molecule has 0 unspecified atom stereocenters. The van der Waals surface area contributed by atoms with Crippen LogP contribution in [0, 0.1) is 0 Å². The van der Waals surface area contributed by atoms with E-state index in [4.69, 9.17) is 0 Å². The summed E-state index contributed by atoms with van der Waals surface area (Å²) in [5, 5.41) is 2.57. The standard InChI is InChI=1S/C7H9NO2.C5H11NO.C2H6/c1-2-5-8-6(9)3-4-7(8)10;1-2-3-4-6-5-7;1-2/h3-4H,2,5H2,1H3;5H,2-4H2,1H3,(H,6,7);1-2H3. The van der Waals surface area contributed by atoms with Crippen molar-refractivity contribution in [1.82, 2.24) is 10.2 Å². The van der Waals surface area contributed by atoms with Crippen LogP contribution >= 0.6 is 0 Å². The number of rotatable bonds is 6. The molecule has 0 aliphatic carbocycles. The van der Waals surface area contributed by atoms with Gasteiger partial charge in [-0.2, -0.15) is 0 Å². The van der Waals surface area contributed by atoms with Crippen LogP contribution in [0.4, 0.5) is 0 Å². The average molecular weight is 270 g/mol. The topological polar surface area (TPSA) is 66.5 Å². The SMILES string of the molecule is CC.CCCCNC=O.CCCN1C(=O)C=CC1=O. The number of nitrogens with one attached hydrogen (secondary N) is 1. The Kier molecular flexibility index (Phi) is 14.9. The Labute approximate surface area is 116 Å². The molecule has 0 aromatic heterocycles. The Bertz CT molecular complexity index is 270. The largest absolute Gasteiger partial charge is 0.359 e. The molecule has 5 heteroatoms. The van der Waals surface area contributed by atoms with E-state index in [0.717, 1.165) is 32.2 Å². The van der Waals surface area contributed by atoms with E-state index >= 15 is 0 Å². The van der Waals surface area contributed by atoms with Crippen molar-refractivity contribution in [3.8, 4) is 0 Å². The molecular weight excluding hydrogens is 244 g/mol. The van der Waals surface area contributed by atoms with Crippen molar-refractivity contribution in [2.45, 2.75) is 47.0 Å². The minimum Gasteiger partial charge on any atom is -0.359 e. The van der Waals surface area contributed by atoms with Crippen LogP contribution < -0.4 is 5.32 Å². The first-order valence-electron chi connectivity index (χ1n) is 6.87.